The highest BCUT2D eigenvalue weighted by Crippen LogP contribution is 2.24. The van der Waals surface area contributed by atoms with Gasteiger partial charge in [-0.25, -0.2) is 0 Å². The van der Waals surface area contributed by atoms with Gasteiger partial charge in [0.2, 0.25) is 0 Å². The van der Waals surface area contributed by atoms with Crippen LogP contribution in [0.1, 0.15) is 13.3 Å². The van der Waals surface area contributed by atoms with Gasteiger partial charge in [-0.3, -0.25) is 14.4 Å². The molecule has 1 aliphatic carbocycles. The number of carbonyl (C=O) groups excluding carboxylic acids is 3. The van der Waals surface area contributed by atoms with Crippen molar-refractivity contribution in [3.05, 3.63) is 11.6 Å². The Kier molecular flexibility index (Phi) is 3.60. The highest BCUT2D eigenvalue weighted by atomic mass is 16.5. The summed E-state index contributed by atoms with van der Waals surface area (Å²) in [5.41, 5.74) is 0.502. The minimum atomic E-state index is -0.596. The average Bonchev–Trinajstić information content (AvgIpc) is 2.55. The molecule has 0 aliphatic heterocycles. The van der Waals surface area contributed by atoms with E-state index < -0.39 is 17.9 Å². The van der Waals surface area contributed by atoms with Gasteiger partial charge in [0.25, 0.3) is 0 Å². The van der Waals surface area contributed by atoms with Crippen LogP contribution in [0, 0.1) is 5.92 Å². The fourth-order valence-electron chi connectivity index (χ4n) is 1.40. The fraction of sp³-hybridized carbons (Fsp3) is 0.500. The Morgan fingerprint density at radius 2 is 2.20 bits per heavy atom. The molecule has 82 valence electrons. The van der Waals surface area contributed by atoms with Crippen LogP contribution in [0.2, 0.25) is 0 Å². The molecule has 0 aromatic carbocycles. The van der Waals surface area contributed by atoms with Crippen molar-refractivity contribution in [2.45, 2.75) is 13.3 Å². The van der Waals surface area contributed by atoms with Crippen molar-refractivity contribution in [1.82, 2.24) is 0 Å². The summed E-state index contributed by atoms with van der Waals surface area (Å²) in [4.78, 5) is 32.9. The van der Waals surface area contributed by atoms with E-state index in [4.69, 9.17) is 4.74 Å². The first-order valence-corrected chi connectivity index (χ1v) is 4.49. The van der Waals surface area contributed by atoms with E-state index in [1.165, 1.54) is 20.1 Å². The number of carbonyl (C=O) groups is 3. The molecule has 0 N–H and O–H groups in total. The largest absolute Gasteiger partial charge is 0.469 e. The van der Waals surface area contributed by atoms with E-state index in [-0.39, 0.29) is 18.8 Å². The molecule has 5 nitrogen and oxygen atoms in total. The molecule has 0 aromatic rings. The molecule has 1 rings (SSSR count). The molecule has 5 heteroatoms. The van der Waals surface area contributed by atoms with Gasteiger partial charge in [-0.1, -0.05) is 0 Å². The number of esters is 2. The van der Waals surface area contributed by atoms with Crippen LogP contribution in [0.25, 0.3) is 0 Å². The number of rotatable bonds is 3. The van der Waals surface area contributed by atoms with Gasteiger partial charge in [0.1, 0.15) is 6.61 Å². The minimum absolute atomic E-state index is 0.0269. The summed E-state index contributed by atoms with van der Waals surface area (Å²) in [6, 6.07) is 0. The Bertz CT molecular complexity index is 329. The zero-order chi connectivity index (χ0) is 11.4. The lowest BCUT2D eigenvalue weighted by atomic mass is 10.0. The molecule has 0 saturated heterocycles. The van der Waals surface area contributed by atoms with Gasteiger partial charge < -0.3 is 9.47 Å². The number of hydrogen-bond donors (Lipinski definition) is 0. The lowest BCUT2D eigenvalue weighted by molar-refractivity contribution is -0.146. The van der Waals surface area contributed by atoms with E-state index in [9.17, 15) is 14.4 Å². The molecule has 0 aromatic heterocycles. The molecule has 0 amide bonds. The molecule has 0 heterocycles. The first-order valence-electron chi connectivity index (χ1n) is 4.49. The lowest BCUT2D eigenvalue weighted by Gasteiger charge is -2.11. The van der Waals surface area contributed by atoms with Crippen LogP contribution in [-0.4, -0.2) is 31.4 Å². The zero-order valence-electron chi connectivity index (χ0n) is 8.61. The van der Waals surface area contributed by atoms with Crippen molar-refractivity contribution in [3.63, 3.8) is 0 Å². The van der Waals surface area contributed by atoms with Gasteiger partial charge in [0.15, 0.2) is 5.78 Å². The fourth-order valence-corrected chi connectivity index (χ4v) is 1.40. The summed E-state index contributed by atoms with van der Waals surface area (Å²) >= 11 is 0. The third kappa shape index (κ3) is 2.90. The van der Waals surface area contributed by atoms with Gasteiger partial charge in [0.05, 0.1) is 13.0 Å². The monoisotopic (exact) mass is 212 g/mol. The number of allylic oxidation sites excluding steroid dienone is 1. The van der Waals surface area contributed by atoms with E-state index in [2.05, 4.69) is 4.74 Å². The molecule has 1 unspecified atom stereocenters. The molecule has 0 spiro atoms. The van der Waals surface area contributed by atoms with Crippen molar-refractivity contribution >= 4 is 17.7 Å². The zero-order valence-corrected chi connectivity index (χ0v) is 8.61. The molecular formula is C10H12O5. The third-order valence-electron chi connectivity index (χ3n) is 2.13. The summed E-state index contributed by atoms with van der Waals surface area (Å²) in [6.45, 7) is 1.24. The van der Waals surface area contributed by atoms with E-state index in [0.717, 1.165) is 0 Å². The minimum Gasteiger partial charge on any atom is -0.469 e. The molecule has 1 atom stereocenters. The van der Waals surface area contributed by atoms with Crippen molar-refractivity contribution in [2.75, 3.05) is 13.7 Å². The second kappa shape index (κ2) is 4.72. The van der Waals surface area contributed by atoms with Crippen LogP contribution in [0.5, 0.6) is 0 Å². The van der Waals surface area contributed by atoms with Crippen LogP contribution in [0.4, 0.5) is 0 Å². The molecule has 0 radical (unpaired) electrons. The van der Waals surface area contributed by atoms with Crippen molar-refractivity contribution < 1.29 is 23.9 Å². The maximum atomic E-state index is 11.3. The smallest absolute Gasteiger partial charge is 0.313 e. The van der Waals surface area contributed by atoms with Gasteiger partial charge in [0, 0.05) is 13.3 Å². The maximum Gasteiger partial charge on any atom is 0.313 e. The van der Waals surface area contributed by atoms with E-state index >= 15 is 0 Å². The van der Waals surface area contributed by atoms with Crippen molar-refractivity contribution in [3.8, 4) is 0 Å². The number of ether oxygens (including phenoxy) is 2. The average molecular weight is 212 g/mol. The second-order valence-electron chi connectivity index (χ2n) is 3.25. The Morgan fingerprint density at radius 1 is 1.53 bits per heavy atom. The molecule has 0 bridgehead atoms. The van der Waals surface area contributed by atoms with Crippen LogP contribution in [0.3, 0.4) is 0 Å². The third-order valence-corrected chi connectivity index (χ3v) is 2.13. The topological polar surface area (TPSA) is 69.7 Å². The van der Waals surface area contributed by atoms with Crippen molar-refractivity contribution in [2.24, 2.45) is 5.92 Å². The van der Waals surface area contributed by atoms with Crippen molar-refractivity contribution in [1.29, 1.82) is 0 Å². The number of ketones is 1. The Balaban J connectivity index is 2.66. The highest BCUT2D eigenvalue weighted by Gasteiger charge is 2.32. The SMILES string of the molecule is COC(=O)C1CC(=O)C=C1COC(C)=O. The Hall–Kier alpha value is -1.65. The predicted molar refractivity (Wildman–Crippen MR) is 49.8 cm³/mol. The van der Waals surface area contributed by atoms with Crippen LogP contribution in [-0.2, 0) is 23.9 Å². The first-order chi connectivity index (χ1) is 7.04. The molecule has 0 saturated carbocycles. The van der Waals surface area contributed by atoms with Gasteiger partial charge in [-0.05, 0) is 11.6 Å². The first kappa shape index (κ1) is 11.4. The predicted octanol–water partition coefficient (Wildman–Crippen LogP) is 0.238. The maximum absolute atomic E-state index is 11.3. The van der Waals surface area contributed by atoms with Gasteiger partial charge >= 0.3 is 11.9 Å². The summed E-state index contributed by atoms with van der Waals surface area (Å²) in [7, 11) is 1.26. The Labute approximate surface area is 87.0 Å². The summed E-state index contributed by atoms with van der Waals surface area (Å²) in [6.07, 6.45) is 1.44. The van der Waals surface area contributed by atoms with E-state index in [1.54, 1.807) is 0 Å². The molecule has 15 heavy (non-hydrogen) atoms. The summed E-state index contributed by atoms with van der Waals surface area (Å²) in [5, 5.41) is 0. The summed E-state index contributed by atoms with van der Waals surface area (Å²) < 4.78 is 9.28. The molecular weight excluding hydrogens is 200 g/mol. The van der Waals surface area contributed by atoms with Gasteiger partial charge in [-0.15, -0.1) is 0 Å². The standard InChI is InChI=1S/C10H12O5/c1-6(11)15-5-7-3-8(12)4-9(7)10(13)14-2/h3,9H,4-5H2,1-2H3. The lowest BCUT2D eigenvalue weighted by Crippen LogP contribution is -2.19. The van der Waals surface area contributed by atoms with Crippen LogP contribution < -0.4 is 0 Å². The van der Waals surface area contributed by atoms with Crippen LogP contribution in [0.15, 0.2) is 11.6 Å². The quantitative estimate of drug-likeness (QED) is 0.626. The van der Waals surface area contributed by atoms with Crippen LogP contribution >= 0.6 is 0 Å². The van der Waals surface area contributed by atoms with Gasteiger partial charge in [-0.2, -0.15) is 0 Å². The highest BCUT2D eigenvalue weighted by molar-refractivity contribution is 5.98. The summed E-state index contributed by atoms with van der Waals surface area (Å²) in [5.74, 6) is -1.66. The molecule has 0 fully saturated rings. The number of methoxy groups -OCH3 is 1. The normalized spacial score (nSPS) is 19.7. The Morgan fingerprint density at radius 3 is 2.73 bits per heavy atom. The van der Waals surface area contributed by atoms with E-state index in [1.807, 2.05) is 0 Å². The second-order valence-corrected chi connectivity index (χ2v) is 3.25. The molecule has 1 aliphatic rings. The van der Waals surface area contributed by atoms with E-state index in [0.29, 0.717) is 5.57 Å². The number of hydrogen-bond acceptors (Lipinski definition) is 5.